The number of para-hydroxylation sites is 1. The van der Waals surface area contributed by atoms with Crippen molar-refractivity contribution >= 4 is 10.9 Å². The van der Waals surface area contributed by atoms with Crippen LogP contribution in [0.2, 0.25) is 0 Å². The van der Waals surface area contributed by atoms with E-state index in [2.05, 4.69) is 24.3 Å². The number of nitrogens with zero attached hydrogens (tertiary/aromatic N) is 1. The number of aromatic nitrogens is 1. The summed E-state index contributed by atoms with van der Waals surface area (Å²) < 4.78 is 13.3. The predicted octanol–water partition coefficient (Wildman–Crippen LogP) is 5.71. The Morgan fingerprint density at radius 3 is 2.13 bits per heavy atom. The summed E-state index contributed by atoms with van der Waals surface area (Å²) in [5.41, 5.74) is 4.87. The van der Waals surface area contributed by atoms with Crippen LogP contribution in [0, 0.1) is 5.82 Å². The van der Waals surface area contributed by atoms with Gasteiger partial charge in [0, 0.05) is 16.5 Å². The van der Waals surface area contributed by atoms with E-state index in [4.69, 9.17) is 4.98 Å². The molecule has 0 saturated carbocycles. The summed E-state index contributed by atoms with van der Waals surface area (Å²) in [7, 11) is 0. The summed E-state index contributed by atoms with van der Waals surface area (Å²) in [5.74, 6) is -0.240. The molecule has 0 fully saturated rings. The van der Waals surface area contributed by atoms with Gasteiger partial charge in [-0.05, 0) is 42.0 Å². The molecule has 110 valence electrons. The van der Waals surface area contributed by atoms with Crippen LogP contribution in [0.3, 0.4) is 0 Å². The summed E-state index contributed by atoms with van der Waals surface area (Å²) in [6.45, 7) is 0. The molecule has 0 amide bonds. The van der Waals surface area contributed by atoms with E-state index in [-0.39, 0.29) is 5.82 Å². The second-order valence-corrected chi connectivity index (χ2v) is 5.45. The van der Waals surface area contributed by atoms with E-state index in [0.717, 1.165) is 33.3 Å². The molecule has 23 heavy (non-hydrogen) atoms. The number of pyridine rings is 1. The second kappa shape index (κ2) is 5.65. The third-order valence-corrected chi connectivity index (χ3v) is 3.93. The average Bonchev–Trinajstić information content (AvgIpc) is 2.62. The fourth-order valence-electron chi connectivity index (χ4n) is 2.78. The largest absolute Gasteiger partial charge is 0.247 e. The molecule has 0 aliphatic heterocycles. The van der Waals surface area contributed by atoms with E-state index < -0.39 is 0 Å². The van der Waals surface area contributed by atoms with Crippen molar-refractivity contribution in [2.45, 2.75) is 0 Å². The van der Waals surface area contributed by atoms with Gasteiger partial charge in [0.2, 0.25) is 0 Å². The fourth-order valence-corrected chi connectivity index (χ4v) is 2.78. The molecule has 0 radical (unpaired) electrons. The van der Waals surface area contributed by atoms with Crippen molar-refractivity contribution < 1.29 is 4.39 Å². The van der Waals surface area contributed by atoms with Crippen LogP contribution in [0.15, 0.2) is 84.9 Å². The molecule has 0 aliphatic carbocycles. The number of hydrogen-bond donors (Lipinski definition) is 0. The first-order valence-corrected chi connectivity index (χ1v) is 7.52. The maximum atomic E-state index is 13.3. The summed E-state index contributed by atoms with van der Waals surface area (Å²) >= 11 is 0. The van der Waals surface area contributed by atoms with Crippen molar-refractivity contribution in [2.75, 3.05) is 0 Å². The van der Waals surface area contributed by atoms with Crippen LogP contribution in [0.25, 0.3) is 33.3 Å². The van der Waals surface area contributed by atoms with Crippen LogP contribution in [0.5, 0.6) is 0 Å². The Labute approximate surface area is 134 Å². The molecule has 0 bridgehead atoms. The summed E-state index contributed by atoms with van der Waals surface area (Å²) in [4.78, 5) is 4.83. The molecule has 4 aromatic rings. The van der Waals surface area contributed by atoms with Gasteiger partial charge in [-0.2, -0.15) is 0 Å². The van der Waals surface area contributed by atoms with Crippen molar-refractivity contribution in [3.8, 4) is 22.4 Å². The molecular weight excluding hydrogens is 285 g/mol. The second-order valence-electron chi connectivity index (χ2n) is 5.45. The molecule has 1 aromatic heterocycles. The zero-order valence-corrected chi connectivity index (χ0v) is 12.4. The minimum atomic E-state index is -0.240. The van der Waals surface area contributed by atoms with Gasteiger partial charge in [-0.25, -0.2) is 9.37 Å². The Morgan fingerprint density at radius 2 is 1.35 bits per heavy atom. The molecule has 0 aliphatic rings. The number of rotatable bonds is 2. The first-order valence-electron chi connectivity index (χ1n) is 7.52. The Bertz CT molecular complexity index is 960. The van der Waals surface area contributed by atoms with Gasteiger partial charge in [0.25, 0.3) is 0 Å². The van der Waals surface area contributed by atoms with Gasteiger partial charge >= 0.3 is 0 Å². The van der Waals surface area contributed by atoms with Gasteiger partial charge in [0.05, 0.1) is 11.2 Å². The van der Waals surface area contributed by atoms with Crippen LogP contribution in [-0.2, 0) is 0 Å². The topological polar surface area (TPSA) is 12.9 Å². The number of fused-ring (bicyclic) bond motifs is 1. The molecule has 0 atom stereocenters. The Kier molecular flexibility index (Phi) is 3.35. The first kappa shape index (κ1) is 13.6. The maximum absolute atomic E-state index is 13.3. The lowest BCUT2D eigenvalue weighted by molar-refractivity contribution is 0.628. The molecule has 0 N–H and O–H groups in total. The molecular formula is C21H14FN. The fraction of sp³-hybridized carbons (Fsp3) is 0. The van der Waals surface area contributed by atoms with Crippen molar-refractivity contribution in [3.05, 3.63) is 90.7 Å². The van der Waals surface area contributed by atoms with Crippen LogP contribution < -0.4 is 0 Å². The van der Waals surface area contributed by atoms with Crippen molar-refractivity contribution in [1.82, 2.24) is 4.98 Å². The van der Waals surface area contributed by atoms with Gasteiger partial charge in [0.1, 0.15) is 5.82 Å². The quantitative estimate of drug-likeness (QED) is 0.462. The minimum absolute atomic E-state index is 0.240. The van der Waals surface area contributed by atoms with E-state index in [0.29, 0.717) is 0 Å². The van der Waals surface area contributed by atoms with Gasteiger partial charge in [0.15, 0.2) is 0 Å². The first-order chi connectivity index (χ1) is 11.3. The third kappa shape index (κ3) is 2.59. The standard InChI is InChI=1S/C21H14FN/c22-18-12-10-16(11-13-18)21-19(15-6-2-1-3-7-15)14-17-8-4-5-9-20(17)23-21/h1-14H. The smallest absolute Gasteiger partial charge is 0.123 e. The zero-order chi connectivity index (χ0) is 15.6. The monoisotopic (exact) mass is 299 g/mol. The lowest BCUT2D eigenvalue weighted by Crippen LogP contribution is -1.91. The van der Waals surface area contributed by atoms with Gasteiger partial charge < -0.3 is 0 Å². The highest BCUT2D eigenvalue weighted by molar-refractivity contribution is 5.91. The maximum Gasteiger partial charge on any atom is 0.123 e. The van der Waals surface area contributed by atoms with Gasteiger partial charge in [-0.3, -0.25) is 0 Å². The predicted molar refractivity (Wildman–Crippen MR) is 92.6 cm³/mol. The Morgan fingerprint density at radius 1 is 0.652 bits per heavy atom. The molecule has 2 heteroatoms. The van der Waals surface area contributed by atoms with E-state index in [1.807, 2.05) is 36.4 Å². The highest BCUT2D eigenvalue weighted by Crippen LogP contribution is 2.33. The SMILES string of the molecule is Fc1ccc(-c2nc3ccccc3cc2-c2ccccc2)cc1. The van der Waals surface area contributed by atoms with Crippen LogP contribution in [0.1, 0.15) is 0 Å². The van der Waals surface area contributed by atoms with Crippen LogP contribution in [-0.4, -0.2) is 4.98 Å². The Balaban J connectivity index is 2.02. The summed E-state index contributed by atoms with van der Waals surface area (Å²) in [5, 5.41) is 1.09. The van der Waals surface area contributed by atoms with E-state index in [9.17, 15) is 4.39 Å². The zero-order valence-electron chi connectivity index (χ0n) is 12.4. The lowest BCUT2D eigenvalue weighted by Gasteiger charge is -2.11. The molecule has 0 unspecified atom stereocenters. The normalized spacial score (nSPS) is 10.8. The Hall–Kier alpha value is -3.00. The molecule has 1 heterocycles. The number of hydrogen-bond acceptors (Lipinski definition) is 1. The third-order valence-electron chi connectivity index (χ3n) is 3.93. The summed E-state index contributed by atoms with van der Waals surface area (Å²) in [6.07, 6.45) is 0. The molecule has 3 aromatic carbocycles. The molecule has 1 nitrogen and oxygen atoms in total. The average molecular weight is 299 g/mol. The number of halogens is 1. The molecule has 0 saturated heterocycles. The van der Waals surface area contributed by atoms with Crippen LogP contribution in [0.4, 0.5) is 4.39 Å². The van der Waals surface area contributed by atoms with Crippen molar-refractivity contribution in [3.63, 3.8) is 0 Å². The van der Waals surface area contributed by atoms with E-state index in [1.54, 1.807) is 12.1 Å². The van der Waals surface area contributed by atoms with Gasteiger partial charge in [-0.15, -0.1) is 0 Å². The minimum Gasteiger partial charge on any atom is -0.247 e. The summed E-state index contributed by atoms with van der Waals surface area (Å²) in [6, 6.07) is 26.9. The highest BCUT2D eigenvalue weighted by Gasteiger charge is 2.11. The highest BCUT2D eigenvalue weighted by atomic mass is 19.1. The van der Waals surface area contributed by atoms with Crippen molar-refractivity contribution in [2.24, 2.45) is 0 Å². The van der Waals surface area contributed by atoms with E-state index in [1.165, 1.54) is 12.1 Å². The van der Waals surface area contributed by atoms with Crippen molar-refractivity contribution in [1.29, 1.82) is 0 Å². The van der Waals surface area contributed by atoms with E-state index >= 15 is 0 Å². The molecule has 0 spiro atoms. The lowest BCUT2D eigenvalue weighted by atomic mass is 9.97. The number of benzene rings is 3. The molecule has 4 rings (SSSR count). The van der Waals surface area contributed by atoms with Crippen LogP contribution >= 0.6 is 0 Å². The van der Waals surface area contributed by atoms with Gasteiger partial charge in [-0.1, -0.05) is 48.5 Å².